The van der Waals surface area contributed by atoms with E-state index in [1.165, 1.54) is 90.9 Å². The molecule has 1 N–H and O–H groups in total. The molecule has 0 bridgehead atoms. The molecular formula is C24H46O5. The third kappa shape index (κ3) is 17.5. The lowest BCUT2D eigenvalue weighted by atomic mass is 10.0. The summed E-state index contributed by atoms with van der Waals surface area (Å²) in [7, 11) is 0. The van der Waals surface area contributed by atoms with Crippen LogP contribution in [0.5, 0.6) is 0 Å². The maximum absolute atomic E-state index is 11.9. The fourth-order valence-corrected chi connectivity index (χ4v) is 3.30. The van der Waals surface area contributed by atoms with Crippen LogP contribution in [-0.4, -0.2) is 35.4 Å². The average molecular weight is 415 g/mol. The van der Waals surface area contributed by atoms with E-state index >= 15 is 0 Å². The van der Waals surface area contributed by atoms with Gasteiger partial charge in [-0.25, -0.2) is 9.59 Å². The lowest BCUT2D eigenvalue weighted by Gasteiger charge is -2.17. The summed E-state index contributed by atoms with van der Waals surface area (Å²) in [5.41, 5.74) is 0. The van der Waals surface area contributed by atoms with Gasteiger partial charge >= 0.3 is 11.9 Å². The van der Waals surface area contributed by atoms with Crippen LogP contribution in [0, 0.1) is 0 Å². The highest BCUT2D eigenvalue weighted by Crippen LogP contribution is 2.14. The van der Waals surface area contributed by atoms with Crippen molar-refractivity contribution in [1.82, 2.24) is 0 Å². The van der Waals surface area contributed by atoms with Crippen molar-refractivity contribution in [1.29, 1.82) is 0 Å². The molecule has 3 atom stereocenters. The van der Waals surface area contributed by atoms with Crippen molar-refractivity contribution >= 4 is 11.9 Å². The number of ether oxygens (including phenoxy) is 2. The Morgan fingerprint density at radius 2 is 1.07 bits per heavy atom. The van der Waals surface area contributed by atoms with Crippen LogP contribution in [0.25, 0.3) is 0 Å². The van der Waals surface area contributed by atoms with Gasteiger partial charge in [-0.15, -0.1) is 0 Å². The predicted octanol–water partition coefficient (Wildman–Crippen LogP) is 6.10. The highest BCUT2D eigenvalue weighted by Gasteiger charge is 2.23. The van der Waals surface area contributed by atoms with Gasteiger partial charge in [0.1, 0.15) is 6.10 Å². The number of aliphatic hydroxyl groups excluding tert-OH is 1. The second kappa shape index (κ2) is 18.9. The largest absolute Gasteiger partial charge is 0.460 e. The molecule has 0 aliphatic carbocycles. The Hall–Kier alpha value is -1.10. The fourth-order valence-electron chi connectivity index (χ4n) is 3.30. The first-order valence-corrected chi connectivity index (χ1v) is 12.0. The van der Waals surface area contributed by atoms with Crippen molar-refractivity contribution < 1.29 is 24.2 Å². The van der Waals surface area contributed by atoms with Crippen molar-refractivity contribution in [3.63, 3.8) is 0 Å². The summed E-state index contributed by atoms with van der Waals surface area (Å²) in [6.07, 6.45) is 16.9. The van der Waals surface area contributed by atoms with Gasteiger partial charge in [0.25, 0.3) is 0 Å². The second-order valence-electron chi connectivity index (χ2n) is 8.39. The Morgan fingerprint density at radius 3 is 1.48 bits per heavy atom. The minimum absolute atomic E-state index is 0.187. The number of carbonyl (C=O) groups is 2. The molecule has 0 aliphatic heterocycles. The van der Waals surface area contributed by atoms with Crippen molar-refractivity contribution in [2.24, 2.45) is 0 Å². The Kier molecular flexibility index (Phi) is 18.2. The molecule has 0 aliphatic rings. The van der Waals surface area contributed by atoms with Crippen molar-refractivity contribution in [3.05, 3.63) is 0 Å². The molecule has 3 unspecified atom stereocenters. The second-order valence-corrected chi connectivity index (χ2v) is 8.39. The van der Waals surface area contributed by atoms with Crippen LogP contribution >= 0.6 is 0 Å². The standard InChI is InChI=1S/C24H46O5/c1-5-6-7-8-9-10-11-12-13-14-15-16-17-18-19-20(2)28-24(27)22(4)29-23(26)21(3)25/h20-22,25H,5-19H2,1-4H3. The van der Waals surface area contributed by atoms with Gasteiger partial charge in [-0.05, 0) is 33.6 Å². The normalized spacial score (nSPS) is 14.2. The predicted molar refractivity (Wildman–Crippen MR) is 118 cm³/mol. The highest BCUT2D eigenvalue weighted by atomic mass is 16.6. The molecule has 0 aromatic rings. The van der Waals surface area contributed by atoms with Gasteiger partial charge in [0, 0.05) is 0 Å². The van der Waals surface area contributed by atoms with E-state index in [0.29, 0.717) is 0 Å². The van der Waals surface area contributed by atoms with E-state index in [2.05, 4.69) is 6.92 Å². The Balaban J connectivity index is 3.48. The summed E-state index contributed by atoms with van der Waals surface area (Å²) in [4.78, 5) is 23.2. The SMILES string of the molecule is CCCCCCCCCCCCCCCCC(C)OC(=O)C(C)OC(=O)C(C)O. The van der Waals surface area contributed by atoms with Gasteiger partial charge in [-0.2, -0.15) is 0 Å². The van der Waals surface area contributed by atoms with E-state index in [4.69, 9.17) is 14.6 Å². The monoisotopic (exact) mass is 414 g/mol. The molecule has 29 heavy (non-hydrogen) atoms. The van der Waals surface area contributed by atoms with Crippen LogP contribution in [0.2, 0.25) is 0 Å². The van der Waals surface area contributed by atoms with E-state index in [1.54, 1.807) is 0 Å². The van der Waals surface area contributed by atoms with Gasteiger partial charge in [0.15, 0.2) is 6.10 Å². The molecular weight excluding hydrogens is 368 g/mol. The summed E-state index contributed by atoms with van der Waals surface area (Å²) >= 11 is 0. The van der Waals surface area contributed by atoms with E-state index in [0.717, 1.165) is 19.3 Å². The van der Waals surface area contributed by atoms with Gasteiger partial charge < -0.3 is 14.6 Å². The van der Waals surface area contributed by atoms with Gasteiger partial charge in [0.05, 0.1) is 6.10 Å². The number of hydrogen-bond acceptors (Lipinski definition) is 5. The number of rotatable bonds is 19. The molecule has 0 fully saturated rings. The molecule has 0 aromatic carbocycles. The number of esters is 2. The van der Waals surface area contributed by atoms with E-state index in [-0.39, 0.29) is 6.10 Å². The number of unbranched alkanes of at least 4 members (excludes halogenated alkanes) is 13. The molecule has 0 heterocycles. The van der Waals surface area contributed by atoms with Gasteiger partial charge in [-0.1, -0.05) is 90.4 Å². The van der Waals surface area contributed by atoms with Crippen LogP contribution in [-0.2, 0) is 19.1 Å². The zero-order valence-corrected chi connectivity index (χ0v) is 19.4. The molecule has 0 amide bonds. The fraction of sp³-hybridized carbons (Fsp3) is 0.917. The summed E-state index contributed by atoms with van der Waals surface area (Å²) in [5.74, 6) is -1.37. The molecule has 0 radical (unpaired) electrons. The molecule has 0 spiro atoms. The van der Waals surface area contributed by atoms with Crippen LogP contribution in [0.15, 0.2) is 0 Å². The van der Waals surface area contributed by atoms with Crippen molar-refractivity contribution in [2.45, 2.75) is 142 Å². The first-order chi connectivity index (χ1) is 13.9. The molecule has 5 nitrogen and oxygen atoms in total. The summed E-state index contributed by atoms with van der Waals surface area (Å²) < 4.78 is 10.1. The average Bonchev–Trinajstić information content (AvgIpc) is 2.67. The first kappa shape index (κ1) is 27.9. The summed E-state index contributed by atoms with van der Waals surface area (Å²) in [6.45, 7) is 6.89. The first-order valence-electron chi connectivity index (χ1n) is 12.0. The van der Waals surface area contributed by atoms with E-state index in [1.807, 2.05) is 6.92 Å². The summed E-state index contributed by atoms with van der Waals surface area (Å²) in [5, 5.41) is 9.10. The summed E-state index contributed by atoms with van der Waals surface area (Å²) in [6, 6.07) is 0. The van der Waals surface area contributed by atoms with E-state index in [9.17, 15) is 9.59 Å². The Labute approximate surface area is 178 Å². The maximum Gasteiger partial charge on any atom is 0.347 e. The molecule has 5 heteroatoms. The minimum atomic E-state index is -1.24. The lowest BCUT2D eigenvalue weighted by Crippen LogP contribution is -2.32. The Morgan fingerprint density at radius 1 is 0.655 bits per heavy atom. The molecule has 0 saturated heterocycles. The van der Waals surface area contributed by atoms with Crippen LogP contribution in [0.1, 0.15) is 124 Å². The van der Waals surface area contributed by atoms with Gasteiger partial charge in [0.2, 0.25) is 0 Å². The smallest absolute Gasteiger partial charge is 0.347 e. The third-order valence-electron chi connectivity index (χ3n) is 5.25. The van der Waals surface area contributed by atoms with Crippen LogP contribution < -0.4 is 0 Å². The van der Waals surface area contributed by atoms with Crippen LogP contribution in [0.3, 0.4) is 0 Å². The van der Waals surface area contributed by atoms with Gasteiger partial charge in [-0.3, -0.25) is 0 Å². The van der Waals surface area contributed by atoms with Crippen LogP contribution in [0.4, 0.5) is 0 Å². The highest BCUT2D eigenvalue weighted by molar-refractivity contribution is 5.80. The molecule has 0 rings (SSSR count). The third-order valence-corrected chi connectivity index (χ3v) is 5.25. The van der Waals surface area contributed by atoms with Crippen molar-refractivity contribution in [3.8, 4) is 0 Å². The number of carbonyl (C=O) groups excluding carboxylic acids is 2. The molecule has 172 valence electrons. The lowest BCUT2D eigenvalue weighted by molar-refractivity contribution is -0.174. The topological polar surface area (TPSA) is 72.8 Å². The molecule has 0 aromatic heterocycles. The zero-order chi connectivity index (χ0) is 21.9. The zero-order valence-electron chi connectivity index (χ0n) is 19.4. The molecule has 0 saturated carbocycles. The van der Waals surface area contributed by atoms with E-state index < -0.39 is 24.1 Å². The number of hydrogen-bond donors (Lipinski definition) is 1. The quantitative estimate of drug-likeness (QED) is 0.204. The Bertz CT molecular complexity index is 408. The minimum Gasteiger partial charge on any atom is -0.460 e. The maximum atomic E-state index is 11.9. The van der Waals surface area contributed by atoms with Crippen molar-refractivity contribution in [2.75, 3.05) is 0 Å². The number of aliphatic hydroxyl groups is 1.